The van der Waals surface area contributed by atoms with Crippen molar-refractivity contribution in [2.45, 2.75) is 38.1 Å². The summed E-state index contributed by atoms with van der Waals surface area (Å²) in [5.74, 6) is 1.94. The molecule has 0 aliphatic heterocycles. The first-order chi connectivity index (χ1) is 6.79. The maximum absolute atomic E-state index is 3.46. The molecule has 2 nitrogen and oxygen atoms in total. The lowest BCUT2D eigenvalue weighted by molar-refractivity contribution is 0.247. The van der Waals surface area contributed by atoms with E-state index in [9.17, 15) is 0 Å². The second kappa shape index (κ2) is 4.63. The fraction of sp³-hybridized carbons (Fsp3) is 1.00. The molecule has 0 amide bonds. The fourth-order valence-corrected chi connectivity index (χ4v) is 2.85. The van der Waals surface area contributed by atoms with Crippen LogP contribution >= 0.6 is 0 Å². The van der Waals surface area contributed by atoms with Gasteiger partial charge < -0.3 is 10.2 Å². The van der Waals surface area contributed by atoms with Gasteiger partial charge in [0.15, 0.2) is 0 Å². The van der Waals surface area contributed by atoms with Crippen LogP contribution in [-0.4, -0.2) is 38.1 Å². The fourth-order valence-electron chi connectivity index (χ4n) is 2.85. The Balaban J connectivity index is 1.71. The van der Waals surface area contributed by atoms with Gasteiger partial charge in [0.2, 0.25) is 0 Å². The minimum atomic E-state index is 0.789. The number of hydrogen-bond donors (Lipinski definition) is 1. The highest BCUT2D eigenvalue weighted by atomic mass is 15.1. The summed E-state index contributed by atoms with van der Waals surface area (Å²) in [4.78, 5) is 2.55. The predicted octanol–water partition coefficient (Wildman–Crippen LogP) is 1.72. The van der Waals surface area contributed by atoms with Crippen LogP contribution in [0.25, 0.3) is 0 Å². The topological polar surface area (TPSA) is 15.3 Å². The summed E-state index contributed by atoms with van der Waals surface area (Å²) in [7, 11) is 4.41. The molecule has 2 aliphatic carbocycles. The third-order valence-corrected chi connectivity index (χ3v) is 3.84. The van der Waals surface area contributed by atoms with E-state index in [0.717, 1.165) is 17.9 Å². The van der Waals surface area contributed by atoms with E-state index in [1.54, 1.807) is 0 Å². The Morgan fingerprint density at radius 2 is 1.93 bits per heavy atom. The quantitative estimate of drug-likeness (QED) is 0.720. The minimum absolute atomic E-state index is 0.789. The van der Waals surface area contributed by atoms with E-state index in [4.69, 9.17) is 0 Å². The van der Waals surface area contributed by atoms with Crippen molar-refractivity contribution in [1.29, 1.82) is 0 Å². The smallest absolute Gasteiger partial charge is 0.0104 e. The molecule has 2 fully saturated rings. The molecule has 0 heterocycles. The normalized spacial score (nSPS) is 32.8. The van der Waals surface area contributed by atoms with Gasteiger partial charge in [-0.1, -0.05) is 6.42 Å². The molecule has 2 heteroatoms. The average Bonchev–Trinajstić information content (AvgIpc) is 2.84. The second-order valence-corrected chi connectivity index (χ2v) is 5.25. The van der Waals surface area contributed by atoms with Crippen LogP contribution in [0.3, 0.4) is 0 Å². The molecule has 0 aromatic rings. The third-order valence-electron chi connectivity index (χ3n) is 3.84. The first kappa shape index (κ1) is 10.4. The Bertz CT molecular complexity index is 177. The largest absolute Gasteiger partial charge is 0.317 e. The first-order valence-electron chi connectivity index (χ1n) is 6.15. The maximum Gasteiger partial charge on any atom is 0.0104 e. The van der Waals surface area contributed by atoms with Crippen molar-refractivity contribution < 1.29 is 0 Å². The van der Waals surface area contributed by atoms with Gasteiger partial charge in [0.05, 0.1) is 0 Å². The Morgan fingerprint density at radius 3 is 2.57 bits per heavy atom. The van der Waals surface area contributed by atoms with Crippen molar-refractivity contribution in [2.75, 3.05) is 27.2 Å². The van der Waals surface area contributed by atoms with Crippen molar-refractivity contribution in [3.05, 3.63) is 0 Å². The minimum Gasteiger partial charge on any atom is -0.317 e. The van der Waals surface area contributed by atoms with Crippen LogP contribution in [0.15, 0.2) is 0 Å². The van der Waals surface area contributed by atoms with Gasteiger partial charge in [-0.05, 0) is 51.6 Å². The summed E-state index contributed by atoms with van der Waals surface area (Å²) in [6.07, 6.45) is 7.20. The number of nitrogens with one attached hydrogen (secondary N) is 1. The molecule has 0 spiro atoms. The molecule has 1 N–H and O–H groups in total. The van der Waals surface area contributed by atoms with E-state index in [2.05, 4.69) is 24.3 Å². The summed E-state index contributed by atoms with van der Waals surface area (Å²) in [5, 5.41) is 3.46. The van der Waals surface area contributed by atoms with Crippen molar-refractivity contribution in [1.82, 2.24) is 10.2 Å². The van der Waals surface area contributed by atoms with Crippen LogP contribution in [0.2, 0.25) is 0 Å². The SMILES string of the molecule is CNC1CCCC1CN(C)CC1CC1. The molecule has 2 saturated carbocycles. The highest BCUT2D eigenvalue weighted by Gasteiger charge is 2.28. The third kappa shape index (κ3) is 2.71. The molecule has 2 atom stereocenters. The molecule has 0 aromatic carbocycles. The standard InChI is InChI=1S/C12H24N2/c1-13-12-5-3-4-11(12)9-14(2)8-10-6-7-10/h10-13H,3-9H2,1-2H3. The lowest BCUT2D eigenvalue weighted by Gasteiger charge is -2.25. The van der Waals surface area contributed by atoms with Gasteiger partial charge in [0, 0.05) is 19.1 Å². The number of rotatable bonds is 5. The van der Waals surface area contributed by atoms with Crippen LogP contribution in [-0.2, 0) is 0 Å². The van der Waals surface area contributed by atoms with Crippen molar-refractivity contribution in [3.63, 3.8) is 0 Å². The molecular weight excluding hydrogens is 172 g/mol. The molecule has 14 heavy (non-hydrogen) atoms. The highest BCUT2D eigenvalue weighted by molar-refractivity contribution is 4.85. The maximum atomic E-state index is 3.46. The van der Waals surface area contributed by atoms with Gasteiger partial charge >= 0.3 is 0 Å². The lowest BCUT2D eigenvalue weighted by Crippen LogP contribution is -2.37. The van der Waals surface area contributed by atoms with E-state index in [-0.39, 0.29) is 0 Å². The van der Waals surface area contributed by atoms with Crippen LogP contribution in [0.1, 0.15) is 32.1 Å². The Kier molecular flexibility index (Phi) is 3.45. The highest BCUT2D eigenvalue weighted by Crippen LogP contribution is 2.31. The van der Waals surface area contributed by atoms with E-state index in [0.29, 0.717) is 0 Å². The zero-order valence-corrected chi connectivity index (χ0v) is 9.63. The molecule has 0 radical (unpaired) electrons. The Labute approximate surface area is 88.1 Å². The average molecular weight is 196 g/mol. The second-order valence-electron chi connectivity index (χ2n) is 5.25. The van der Waals surface area contributed by atoms with Gasteiger partial charge in [0.25, 0.3) is 0 Å². The van der Waals surface area contributed by atoms with Crippen LogP contribution < -0.4 is 5.32 Å². The lowest BCUT2D eigenvalue weighted by atomic mass is 10.0. The zero-order valence-electron chi connectivity index (χ0n) is 9.63. The summed E-state index contributed by atoms with van der Waals surface area (Å²) >= 11 is 0. The monoisotopic (exact) mass is 196 g/mol. The van der Waals surface area contributed by atoms with E-state index < -0.39 is 0 Å². The van der Waals surface area contributed by atoms with Crippen molar-refractivity contribution >= 4 is 0 Å². The summed E-state index contributed by atoms with van der Waals surface area (Å²) in [5.41, 5.74) is 0. The first-order valence-corrected chi connectivity index (χ1v) is 6.15. The van der Waals surface area contributed by atoms with Crippen LogP contribution in [0.4, 0.5) is 0 Å². The van der Waals surface area contributed by atoms with Gasteiger partial charge in [-0.3, -0.25) is 0 Å². The molecule has 0 saturated heterocycles. The van der Waals surface area contributed by atoms with Gasteiger partial charge in [-0.15, -0.1) is 0 Å². The van der Waals surface area contributed by atoms with Gasteiger partial charge in [-0.25, -0.2) is 0 Å². The summed E-state index contributed by atoms with van der Waals surface area (Å²) in [6.45, 7) is 2.65. The summed E-state index contributed by atoms with van der Waals surface area (Å²) < 4.78 is 0. The van der Waals surface area contributed by atoms with Crippen molar-refractivity contribution in [2.24, 2.45) is 11.8 Å². The molecule has 2 aliphatic rings. The molecule has 2 unspecified atom stereocenters. The van der Waals surface area contributed by atoms with E-state index in [1.165, 1.54) is 45.2 Å². The van der Waals surface area contributed by atoms with Gasteiger partial charge in [0.1, 0.15) is 0 Å². The van der Waals surface area contributed by atoms with Crippen LogP contribution in [0.5, 0.6) is 0 Å². The molecule has 0 bridgehead atoms. The Morgan fingerprint density at radius 1 is 1.14 bits per heavy atom. The van der Waals surface area contributed by atoms with Crippen LogP contribution in [0, 0.1) is 11.8 Å². The predicted molar refractivity (Wildman–Crippen MR) is 60.4 cm³/mol. The number of hydrogen-bond acceptors (Lipinski definition) is 2. The van der Waals surface area contributed by atoms with E-state index in [1.807, 2.05) is 0 Å². The van der Waals surface area contributed by atoms with E-state index >= 15 is 0 Å². The molecule has 82 valence electrons. The molecular formula is C12H24N2. The zero-order chi connectivity index (χ0) is 9.97. The molecule has 2 rings (SSSR count). The Hall–Kier alpha value is -0.0800. The summed E-state index contributed by atoms with van der Waals surface area (Å²) in [6, 6.07) is 0.789. The van der Waals surface area contributed by atoms with Crippen molar-refractivity contribution in [3.8, 4) is 0 Å². The molecule has 0 aromatic heterocycles. The van der Waals surface area contributed by atoms with Gasteiger partial charge in [-0.2, -0.15) is 0 Å². The number of nitrogens with zero attached hydrogens (tertiary/aromatic N) is 1.